The Balaban J connectivity index is 1.45. The molecule has 0 N–H and O–H groups in total. The van der Waals surface area contributed by atoms with Gasteiger partial charge >= 0.3 is 0 Å². The number of rotatable bonds is 3. The molecule has 1 aromatic carbocycles. The van der Waals surface area contributed by atoms with E-state index >= 15 is 0 Å². The summed E-state index contributed by atoms with van der Waals surface area (Å²) in [7, 11) is 3.95. The summed E-state index contributed by atoms with van der Waals surface area (Å²) < 4.78 is 1.72. The van der Waals surface area contributed by atoms with Crippen molar-refractivity contribution in [2.75, 3.05) is 50.1 Å². The van der Waals surface area contributed by atoms with Gasteiger partial charge in [-0.2, -0.15) is 9.61 Å². The maximum atomic E-state index is 12.9. The van der Waals surface area contributed by atoms with Crippen molar-refractivity contribution in [1.82, 2.24) is 24.7 Å². The third kappa shape index (κ3) is 3.30. The second-order valence-corrected chi connectivity index (χ2v) is 6.95. The summed E-state index contributed by atoms with van der Waals surface area (Å²) in [6.45, 7) is 4.78. The molecule has 8 nitrogen and oxygen atoms in total. The Morgan fingerprint density at radius 3 is 2.59 bits per heavy atom. The topological polar surface area (TPSA) is 69.9 Å². The van der Waals surface area contributed by atoms with Crippen LogP contribution in [0.1, 0.15) is 16.2 Å². The van der Waals surface area contributed by atoms with Gasteiger partial charge in [-0.3, -0.25) is 4.79 Å². The van der Waals surface area contributed by atoms with Crippen LogP contribution in [0, 0.1) is 6.92 Å². The van der Waals surface area contributed by atoms with E-state index in [4.69, 9.17) is 0 Å². The minimum absolute atomic E-state index is 0.0833. The first-order chi connectivity index (χ1) is 13.0. The first-order valence-electron chi connectivity index (χ1n) is 9.02. The number of hydrogen-bond donors (Lipinski definition) is 0. The molecule has 27 heavy (non-hydrogen) atoms. The third-order valence-electron chi connectivity index (χ3n) is 4.94. The van der Waals surface area contributed by atoms with E-state index in [1.165, 1.54) is 0 Å². The number of piperazine rings is 1. The van der Waals surface area contributed by atoms with E-state index in [-0.39, 0.29) is 5.91 Å². The molecule has 0 spiro atoms. The number of aromatic nitrogens is 4. The molecule has 0 bridgehead atoms. The predicted octanol–water partition coefficient (Wildman–Crippen LogP) is 1.46. The molecule has 1 saturated heterocycles. The number of amides is 1. The van der Waals surface area contributed by atoms with Gasteiger partial charge in [0.15, 0.2) is 11.5 Å². The van der Waals surface area contributed by atoms with Gasteiger partial charge in [-0.05, 0) is 25.1 Å². The minimum Gasteiger partial charge on any atom is -0.378 e. The van der Waals surface area contributed by atoms with Crippen molar-refractivity contribution < 1.29 is 4.79 Å². The van der Waals surface area contributed by atoms with Crippen LogP contribution in [0.4, 0.5) is 11.4 Å². The highest BCUT2D eigenvalue weighted by Crippen LogP contribution is 2.19. The van der Waals surface area contributed by atoms with Crippen LogP contribution < -0.4 is 9.80 Å². The van der Waals surface area contributed by atoms with E-state index in [0.29, 0.717) is 13.1 Å². The highest BCUT2D eigenvalue weighted by molar-refractivity contribution is 5.95. The Kier molecular flexibility index (Phi) is 4.39. The molecule has 3 aromatic rings. The summed E-state index contributed by atoms with van der Waals surface area (Å²) >= 11 is 0. The van der Waals surface area contributed by atoms with Gasteiger partial charge in [0.1, 0.15) is 0 Å². The van der Waals surface area contributed by atoms with Crippen LogP contribution in [-0.2, 0) is 0 Å². The molecular weight excluding hydrogens is 342 g/mol. The Labute approximate surface area is 158 Å². The molecule has 8 heteroatoms. The molecule has 0 saturated carbocycles. The summed E-state index contributed by atoms with van der Waals surface area (Å²) in [5.41, 5.74) is 3.51. The Hall–Kier alpha value is -3.16. The van der Waals surface area contributed by atoms with Crippen molar-refractivity contribution in [2.24, 2.45) is 0 Å². The number of anilines is 2. The molecule has 1 aliphatic heterocycles. The smallest absolute Gasteiger partial charge is 0.254 e. The summed E-state index contributed by atoms with van der Waals surface area (Å²) in [4.78, 5) is 19.0. The van der Waals surface area contributed by atoms with Crippen molar-refractivity contribution in [3.05, 3.63) is 47.9 Å². The van der Waals surface area contributed by atoms with Gasteiger partial charge in [0, 0.05) is 57.6 Å². The third-order valence-corrected chi connectivity index (χ3v) is 4.94. The predicted molar refractivity (Wildman–Crippen MR) is 104 cm³/mol. The highest BCUT2D eigenvalue weighted by atomic mass is 16.2. The van der Waals surface area contributed by atoms with E-state index in [1.54, 1.807) is 4.52 Å². The van der Waals surface area contributed by atoms with Gasteiger partial charge in [0.25, 0.3) is 5.91 Å². The van der Waals surface area contributed by atoms with E-state index in [9.17, 15) is 4.79 Å². The van der Waals surface area contributed by atoms with E-state index in [1.807, 2.05) is 67.3 Å². The molecule has 0 atom stereocenters. The lowest BCUT2D eigenvalue weighted by Gasteiger charge is -2.36. The summed E-state index contributed by atoms with van der Waals surface area (Å²) in [5.74, 6) is 0.854. The molecule has 1 aliphatic rings. The molecule has 2 aromatic heterocycles. The zero-order chi connectivity index (χ0) is 19.0. The van der Waals surface area contributed by atoms with Crippen LogP contribution in [-0.4, -0.2) is 70.9 Å². The largest absolute Gasteiger partial charge is 0.378 e. The van der Waals surface area contributed by atoms with Crippen molar-refractivity contribution in [3.8, 4) is 0 Å². The second-order valence-electron chi connectivity index (χ2n) is 6.95. The molecule has 1 fully saturated rings. The van der Waals surface area contributed by atoms with E-state index in [2.05, 4.69) is 20.2 Å². The first kappa shape index (κ1) is 17.3. The van der Waals surface area contributed by atoms with Crippen LogP contribution in [0.25, 0.3) is 5.65 Å². The molecule has 3 heterocycles. The standard InChI is InChI=1S/C19H23N7O/c1-14-21-22-18-12-17(13-20-26(14)18)24-7-9-25(10-8-24)19(27)15-5-4-6-16(11-15)23(2)3/h4-6,11-13H,7-10H2,1-3H3. The van der Waals surface area contributed by atoms with E-state index in [0.717, 1.165) is 41.5 Å². The molecule has 0 radical (unpaired) electrons. The van der Waals surface area contributed by atoms with Crippen molar-refractivity contribution in [1.29, 1.82) is 0 Å². The maximum Gasteiger partial charge on any atom is 0.254 e. The van der Waals surface area contributed by atoms with Crippen LogP contribution in [0.2, 0.25) is 0 Å². The molecule has 0 unspecified atom stereocenters. The second kappa shape index (κ2) is 6.86. The van der Waals surface area contributed by atoms with Crippen LogP contribution in [0.5, 0.6) is 0 Å². The van der Waals surface area contributed by atoms with Crippen LogP contribution in [0.15, 0.2) is 36.5 Å². The Morgan fingerprint density at radius 1 is 1.07 bits per heavy atom. The maximum absolute atomic E-state index is 12.9. The SMILES string of the molecule is Cc1nnc2cc(N3CCN(C(=O)c4cccc(N(C)C)c4)CC3)cnn12. The zero-order valence-corrected chi connectivity index (χ0v) is 15.8. The number of nitrogens with zero attached hydrogens (tertiary/aromatic N) is 7. The normalized spacial score (nSPS) is 14.6. The molecule has 4 rings (SSSR count). The molecule has 140 valence electrons. The quantitative estimate of drug-likeness (QED) is 0.700. The number of aryl methyl sites for hydroxylation is 1. The number of carbonyl (C=O) groups is 1. The Bertz CT molecular complexity index is 973. The molecule has 1 amide bonds. The van der Waals surface area contributed by atoms with Gasteiger partial charge in [0.05, 0.1) is 11.9 Å². The summed E-state index contributed by atoms with van der Waals surface area (Å²) in [6, 6.07) is 9.75. The minimum atomic E-state index is 0.0833. The number of benzene rings is 1. The van der Waals surface area contributed by atoms with E-state index < -0.39 is 0 Å². The van der Waals surface area contributed by atoms with Gasteiger partial charge in [-0.25, -0.2) is 0 Å². The van der Waals surface area contributed by atoms with Crippen molar-refractivity contribution in [2.45, 2.75) is 6.92 Å². The van der Waals surface area contributed by atoms with Gasteiger partial charge in [-0.15, -0.1) is 10.2 Å². The Morgan fingerprint density at radius 2 is 1.85 bits per heavy atom. The number of hydrogen-bond acceptors (Lipinski definition) is 6. The van der Waals surface area contributed by atoms with Crippen molar-refractivity contribution in [3.63, 3.8) is 0 Å². The number of carbonyl (C=O) groups excluding carboxylic acids is 1. The average Bonchev–Trinajstić information content (AvgIpc) is 3.08. The first-order valence-corrected chi connectivity index (χ1v) is 9.02. The van der Waals surface area contributed by atoms with Crippen molar-refractivity contribution >= 4 is 22.9 Å². The van der Waals surface area contributed by atoms with Gasteiger partial charge in [0.2, 0.25) is 0 Å². The lowest BCUT2D eigenvalue weighted by Crippen LogP contribution is -2.48. The van der Waals surface area contributed by atoms with Crippen LogP contribution in [0.3, 0.4) is 0 Å². The highest BCUT2D eigenvalue weighted by Gasteiger charge is 2.23. The lowest BCUT2D eigenvalue weighted by molar-refractivity contribution is 0.0747. The fourth-order valence-electron chi connectivity index (χ4n) is 3.33. The fraction of sp³-hybridized carbons (Fsp3) is 0.368. The summed E-state index contributed by atoms with van der Waals surface area (Å²) in [6.07, 6.45) is 1.83. The lowest BCUT2D eigenvalue weighted by atomic mass is 10.1. The fourth-order valence-corrected chi connectivity index (χ4v) is 3.33. The van der Waals surface area contributed by atoms with Gasteiger partial charge in [-0.1, -0.05) is 6.07 Å². The zero-order valence-electron chi connectivity index (χ0n) is 15.8. The van der Waals surface area contributed by atoms with Gasteiger partial charge < -0.3 is 14.7 Å². The monoisotopic (exact) mass is 365 g/mol. The summed E-state index contributed by atoms with van der Waals surface area (Å²) in [5, 5.41) is 12.6. The number of fused-ring (bicyclic) bond motifs is 1. The molecule has 0 aliphatic carbocycles. The molecular formula is C19H23N7O. The van der Waals surface area contributed by atoms with Crippen LogP contribution >= 0.6 is 0 Å². The average molecular weight is 365 g/mol.